The van der Waals surface area contributed by atoms with Crippen molar-refractivity contribution in [2.75, 3.05) is 19.6 Å². The number of amides is 1. The number of hydrogen-bond donors (Lipinski definition) is 2. The topological polar surface area (TPSA) is 72.3 Å². The van der Waals surface area contributed by atoms with Crippen molar-refractivity contribution in [1.82, 2.24) is 4.90 Å². The highest BCUT2D eigenvalue weighted by Crippen LogP contribution is 2.20. The molecule has 96 valence electrons. The van der Waals surface area contributed by atoms with Gasteiger partial charge in [0.25, 0.3) is 0 Å². The highest BCUT2D eigenvalue weighted by Gasteiger charge is 2.23. The maximum Gasteiger partial charge on any atom is 0.217 e. The van der Waals surface area contributed by atoms with E-state index in [4.69, 9.17) is 11.5 Å². The number of primary amides is 1. The molecule has 0 radical (unpaired) electrons. The Kier molecular flexibility index (Phi) is 6.30. The van der Waals surface area contributed by atoms with Crippen molar-refractivity contribution in [2.45, 2.75) is 38.6 Å². The number of likely N-dealkylation sites (tertiary alicyclic amines) is 1. The average Bonchev–Trinajstić information content (AvgIpc) is 2.05. The van der Waals surface area contributed by atoms with Gasteiger partial charge in [-0.3, -0.25) is 4.79 Å². The fourth-order valence-electron chi connectivity index (χ4n) is 2.21. The Morgan fingerprint density at radius 1 is 1.38 bits per heavy atom. The molecule has 0 aromatic rings. The van der Waals surface area contributed by atoms with E-state index in [2.05, 4.69) is 4.90 Å². The van der Waals surface area contributed by atoms with Crippen LogP contribution in [0.25, 0.3) is 0 Å². The van der Waals surface area contributed by atoms with Crippen LogP contribution in [0.3, 0.4) is 0 Å². The zero-order valence-corrected chi connectivity index (χ0v) is 11.1. The molecule has 4 nitrogen and oxygen atoms in total. The third kappa shape index (κ3) is 6.30. The number of halogens is 1. The lowest BCUT2D eigenvalue weighted by Crippen LogP contribution is -2.48. The van der Waals surface area contributed by atoms with Crippen molar-refractivity contribution in [2.24, 2.45) is 17.4 Å². The highest BCUT2D eigenvalue weighted by atomic mass is 35.5. The summed E-state index contributed by atoms with van der Waals surface area (Å²) in [6.07, 6.45) is 2.68. The largest absolute Gasteiger partial charge is 0.370 e. The van der Waals surface area contributed by atoms with Gasteiger partial charge in [0.2, 0.25) is 5.91 Å². The quantitative estimate of drug-likeness (QED) is 0.772. The highest BCUT2D eigenvalue weighted by molar-refractivity contribution is 5.85. The van der Waals surface area contributed by atoms with Gasteiger partial charge >= 0.3 is 0 Å². The number of hydrogen-bond acceptors (Lipinski definition) is 3. The lowest BCUT2D eigenvalue weighted by atomic mass is 9.92. The van der Waals surface area contributed by atoms with E-state index in [-0.39, 0.29) is 23.9 Å². The van der Waals surface area contributed by atoms with Crippen molar-refractivity contribution in [3.05, 3.63) is 0 Å². The molecule has 0 unspecified atom stereocenters. The van der Waals surface area contributed by atoms with Crippen molar-refractivity contribution in [3.63, 3.8) is 0 Å². The summed E-state index contributed by atoms with van der Waals surface area (Å²) < 4.78 is 0. The summed E-state index contributed by atoms with van der Waals surface area (Å²) in [6.45, 7) is 7.10. The standard InChI is InChI=1S/C11H23N3O.ClH/c1-11(2,13)8-14-5-3-9(4-6-14)7-10(12)15;/h9H,3-8,13H2,1-2H3,(H2,12,15);1H. The monoisotopic (exact) mass is 249 g/mol. The molecule has 1 amide bonds. The predicted octanol–water partition coefficient (Wildman–Crippen LogP) is 0.733. The molecule has 0 aromatic carbocycles. The van der Waals surface area contributed by atoms with E-state index in [1.54, 1.807) is 0 Å². The molecule has 0 atom stereocenters. The van der Waals surface area contributed by atoms with Crippen LogP contribution in [-0.2, 0) is 4.79 Å². The van der Waals surface area contributed by atoms with Crippen LogP contribution in [-0.4, -0.2) is 36.0 Å². The van der Waals surface area contributed by atoms with Crippen LogP contribution in [0.15, 0.2) is 0 Å². The molecule has 0 bridgehead atoms. The maximum atomic E-state index is 10.8. The molecule has 1 heterocycles. The summed E-state index contributed by atoms with van der Waals surface area (Å²) in [7, 11) is 0. The van der Waals surface area contributed by atoms with E-state index < -0.39 is 0 Å². The van der Waals surface area contributed by atoms with E-state index in [1.807, 2.05) is 13.8 Å². The Morgan fingerprint density at radius 2 is 1.88 bits per heavy atom. The van der Waals surface area contributed by atoms with Crippen molar-refractivity contribution in [1.29, 1.82) is 0 Å². The van der Waals surface area contributed by atoms with Gasteiger partial charge in [-0.15, -0.1) is 12.4 Å². The van der Waals surface area contributed by atoms with Crippen LogP contribution >= 0.6 is 12.4 Å². The van der Waals surface area contributed by atoms with Crippen molar-refractivity contribution >= 4 is 18.3 Å². The van der Waals surface area contributed by atoms with Gasteiger partial charge < -0.3 is 16.4 Å². The van der Waals surface area contributed by atoms with E-state index in [0.717, 1.165) is 32.5 Å². The SMILES string of the molecule is CC(C)(N)CN1CCC(CC(N)=O)CC1.Cl. The minimum Gasteiger partial charge on any atom is -0.370 e. The number of rotatable bonds is 4. The molecule has 1 saturated heterocycles. The van der Waals surface area contributed by atoms with E-state index in [0.29, 0.717) is 12.3 Å². The first-order valence-electron chi connectivity index (χ1n) is 5.66. The first kappa shape index (κ1) is 15.7. The molecular formula is C11H24ClN3O. The van der Waals surface area contributed by atoms with Crippen molar-refractivity contribution in [3.8, 4) is 0 Å². The normalized spacial score (nSPS) is 19.2. The van der Waals surface area contributed by atoms with Gasteiger partial charge in [0.1, 0.15) is 0 Å². The van der Waals surface area contributed by atoms with E-state index in [1.165, 1.54) is 0 Å². The predicted molar refractivity (Wildman–Crippen MR) is 68.5 cm³/mol. The second-order valence-electron chi connectivity index (χ2n) is 5.38. The molecule has 4 N–H and O–H groups in total. The first-order valence-corrected chi connectivity index (χ1v) is 5.66. The zero-order valence-electron chi connectivity index (χ0n) is 10.2. The van der Waals surface area contributed by atoms with Gasteiger partial charge in [-0.25, -0.2) is 0 Å². The fraction of sp³-hybridized carbons (Fsp3) is 0.909. The maximum absolute atomic E-state index is 10.8. The van der Waals surface area contributed by atoms with Crippen LogP contribution in [0, 0.1) is 5.92 Å². The van der Waals surface area contributed by atoms with E-state index in [9.17, 15) is 4.79 Å². The second-order valence-corrected chi connectivity index (χ2v) is 5.38. The summed E-state index contributed by atoms with van der Waals surface area (Å²) >= 11 is 0. The Labute approximate surface area is 104 Å². The van der Waals surface area contributed by atoms with Crippen LogP contribution in [0.1, 0.15) is 33.1 Å². The molecule has 16 heavy (non-hydrogen) atoms. The third-order valence-electron chi connectivity index (χ3n) is 2.83. The Morgan fingerprint density at radius 3 is 2.25 bits per heavy atom. The van der Waals surface area contributed by atoms with Crippen LogP contribution in [0.4, 0.5) is 0 Å². The molecule has 1 rings (SSSR count). The molecule has 1 aliphatic heterocycles. The molecule has 0 aliphatic carbocycles. The summed E-state index contributed by atoms with van der Waals surface area (Å²) in [4.78, 5) is 13.1. The Hall–Kier alpha value is -0.320. The van der Waals surface area contributed by atoms with Gasteiger partial charge in [0.05, 0.1) is 0 Å². The zero-order chi connectivity index (χ0) is 11.5. The minimum atomic E-state index is -0.174. The minimum absolute atomic E-state index is 0. The number of nitrogens with two attached hydrogens (primary N) is 2. The Bertz CT molecular complexity index is 220. The first-order chi connectivity index (χ1) is 6.87. The molecule has 0 saturated carbocycles. The summed E-state index contributed by atoms with van der Waals surface area (Å²) in [5, 5.41) is 0. The number of nitrogens with zero attached hydrogens (tertiary/aromatic N) is 1. The molecule has 5 heteroatoms. The molecular weight excluding hydrogens is 226 g/mol. The fourth-order valence-corrected chi connectivity index (χ4v) is 2.21. The molecule has 1 aliphatic rings. The second kappa shape index (κ2) is 6.42. The van der Waals surface area contributed by atoms with E-state index >= 15 is 0 Å². The van der Waals surface area contributed by atoms with Gasteiger partial charge in [-0.1, -0.05) is 0 Å². The van der Waals surface area contributed by atoms with Crippen molar-refractivity contribution < 1.29 is 4.79 Å². The smallest absolute Gasteiger partial charge is 0.217 e. The summed E-state index contributed by atoms with van der Waals surface area (Å²) in [5.41, 5.74) is 11.0. The van der Waals surface area contributed by atoms with Crippen LogP contribution in [0.5, 0.6) is 0 Å². The van der Waals surface area contributed by atoms with Crippen LogP contribution < -0.4 is 11.5 Å². The lowest BCUT2D eigenvalue weighted by molar-refractivity contribution is -0.119. The number of piperidine rings is 1. The third-order valence-corrected chi connectivity index (χ3v) is 2.83. The number of carbonyl (C=O) groups excluding carboxylic acids is 1. The summed E-state index contributed by atoms with van der Waals surface area (Å²) in [6, 6.07) is 0. The Balaban J connectivity index is 0.00000225. The average molecular weight is 250 g/mol. The van der Waals surface area contributed by atoms with Gasteiger partial charge in [0.15, 0.2) is 0 Å². The summed E-state index contributed by atoms with van der Waals surface area (Å²) in [5.74, 6) is 0.312. The van der Waals surface area contributed by atoms with Gasteiger partial charge in [-0.05, 0) is 45.7 Å². The molecule has 0 aromatic heterocycles. The lowest BCUT2D eigenvalue weighted by Gasteiger charge is -2.35. The van der Waals surface area contributed by atoms with Crippen LogP contribution in [0.2, 0.25) is 0 Å². The number of carbonyl (C=O) groups is 1. The molecule has 0 spiro atoms. The van der Waals surface area contributed by atoms with Gasteiger partial charge in [-0.2, -0.15) is 0 Å². The molecule has 1 fully saturated rings. The van der Waals surface area contributed by atoms with Gasteiger partial charge in [0, 0.05) is 18.5 Å².